The lowest BCUT2D eigenvalue weighted by atomic mass is 10.2. The molecule has 1 aromatic heterocycles. The number of anilines is 1. The van der Waals surface area contributed by atoms with Gasteiger partial charge in [0.25, 0.3) is 5.69 Å². The predicted octanol–water partition coefficient (Wildman–Crippen LogP) is 2.47. The largest absolute Gasteiger partial charge is 0.379 e. The van der Waals surface area contributed by atoms with E-state index >= 15 is 0 Å². The Balaban J connectivity index is 2.06. The van der Waals surface area contributed by atoms with Crippen molar-refractivity contribution in [3.63, 3.8) is 0 Å². The number of hydrogen-bond acceptors (Lipinski definition) is 5. The van der Waals surface area contributed by atoms with Gasteiger partial charge in [-0.05, 0) is 17.7 Å². The molecule has 0 saturated carbocycles. The van der Waals surface area contributed by atoms with E-state index in [4.69, 9.17) is 5.26 Å². The van der Waals surface area contributed by atoms with Crippen molar-refractivity contribution in [2.75, 3.05) is 5.32 Å². The highest BCUT2D eigenvalue weighted by molar-refractivity contribution is 5.53. The summed E-state index contributed by atoms with van der Waals surface area (Å²) in [6, 6.07) is 11.7. The van der Waals surface area contributed by atoms with Crippen molar-refractivity contribution < 1.29 is 4.92 Å². The van der Waals surface area contributed by atoms with Crippen LogP contribution in [0.15, 0.2) is 42.6 Å². The summed E-state index contributed by atoms with van der Waals surface area (Å²) in [4.78, 5) is 14.0. The summed E-state index contributed by atoms with van der Waals surface area (Å²) in [5.74, 6) is 0. The van der Waals surface area contributed by atoms with E-state index in [2.05, 4.69) is 10.3 Å². The standard InChI is InChI=1S/C13H10N4O2/c14-8-13-12(2-1-7-15-13)16-9-10-3-5-11(6-4-10)17(18)19/h1-7,16H,9H2. The zero-order valence-corrected chi connectivity index (χ0v) is 9.91. The molecule has 0 spiro atoms. The maximum absolute atomic E-state index is 10.5. The summed E-state index contributed by atoms with van der Waals surface area (Å²) < 4.78 is 0. The molecule has 1 heterocycles. The molecule has 2 rings (SSSR count). The van der Waals surface area contributed by atoms with Crippen LogP contribution in [0.3, 0.4) is 0 Å². The first-order chi connectivity index (χ1) is 9.20. The van der Waals surface area contributed by atoms with Gasteiger partial charge in [-0.15, -0.1) is 0 Å². The van der Waals surface area contributed by atoms with Crippen LogP contribution < -0.4 is 5.32 Å². The van der Waals surface area contributed by atoms with Gasteiger partial charge >= 0.3 is 0 Å². The minimum Gasteiger partial charge on any atom is -0.379 e. The van der Waals surface area contributed by atoms with Crippen molar-refractivity contribution in [3.8, 4) is 6.07 Å². The second-order valence-electron chi connectivity index (χ2n) is 3.79. The fraction of sp³-hybridized carbons (Fsp3) is 0.0769. The molecule has 1 N–H and O–H groups in total. The quantitative estimate of drug-likeness (QED) is 0.668. The number of non-ortho nitro benzene ring substituents is 1. The Kier molecular flexibility index (Phi) is 3.69. The number of aromatic nitrogens is 1. The van der Waals surface area contributed by atoms with E-state index in [1.165, 1.54) is 12.1 Å². The Morgan fingerprint density at radius 2 is 2.05 bits per heavy atom. The minimum absolute atomic E-state index is 0.0582. The molecule has 0 aliphatic rings. The lowest BCUT2D eigenvalue weighted by molar-refractivity contribution is -0.384. The highest BCUT2D eigenvalue weighted by Gasteiger charge is 2.05. The van der Waals surface area contributed by atoms with Crippen molar-refractivity contribution >= 4 is 11.4 Å². The Hall–Kier alpha value is -2.94. The average Bonchev–Trinajstić information content (AvgIpc) is 2.45. The molecule has 1 aromatic carbocycles. The number of nitrogens with zero attached hydrogens (tertiary/aromatic N) is 3. The zero-order chi connectivity index (χ0) is 13.7. The number of pyridine rings is 1. The maximum atomic E-state index is 10.5. The summed E-state index contributed by atoms with van der Waals surface area (Å²) in [6.07, 6.45) is 1.55. The number of nitrogens with one attached hydrogen (secondary N) is 1. The van der Waals surface area contributed by atoms with Crippen LogP contribution in [0.25, 0.3) is 0 Å². The van der Waals surface area contributed by atoms with Crippen LogP contribution in [0.4, 0.5) is 11.4 Å². The van der Waals surface area contributed by atoms with Gasteiger partial charge in [-0.25, -0.2) is 4.98 Å². The smallest absolute Gasteiger partial charge is 0.269 e. The van der Waals surface area contributed by atoms with E-state index in [9.17, 15) is 10.1 Å². The number of nitro groups is 1. The molecule has 0 bridgehead atoms. The topological polar surface area (TPSA) is 91.8 Å². The zero-order valence-electron chi connectivity index (χ0n) is 9.91. The molecular weight excluding hydrogens is 244 g/mol. The molecule has 6 heteroatoms. The van der Waals surface area contributed by atoms with Gasteiger partial charge < -0.3 is 5.32 Å². The third kappa shape index (κ3) is 3.04. The Morgan fingerprint density at radius 1 is 1.32 bits per heavy atom. The van der Waals surface area contributed by atoms with E-state index in [1.807, 2.05) is 6.07 Å². The van der Waals surface area contributed by atoms with Crippen molar-refractivity contribution in [3.05, 3.63) is 64.0 Å². The summed E-state index contributed by atoms with van der Waals surface area (Å²) >= 11 is 0. The molecular formula is C13H10N4O2. The second kappa shape index (κ2) is 5.60. The first kappa shape index (κ1) is 12.5. The van der Waals surface area contributed by atoms with Gasteiger partial charge in [-0.1, -0.05) is 12.1 Å². The second-order valence-corrected chi connectivity index (χ2v) is 3.79. The predicted molar refractivity (Wildman–Crippen MR) is 69.4 cm³/mol. The van der Waals surface area contributed by atoms with Crippen LogP contribution in [0.1, 0.15) is 11.3 Å². The lowest BCUT2D eigenvalue weighted by Gasteiger charge is -2.07. The molecule has 0 aliphatic carbocycles. The van der Waals surface area contributed by atoms with Gasteiger partial charge in [-0.3, -0.25) is 10.1 Å². The molecule has 0 atom stereocenters. The van der Waals surface area contributed by atoms with Crippen molar-refractivity contribution in [2.45, 2.75) is 6.54 Å². The third-order valence-electron chi connectivity index (χ3n) is 2.54. The van der Waals surface area contributed by atoms with Crippen LogP contribution in [-0.2, 0) is 6.54 Å². The molecule has 0 aliphatic heterocycles. The first-order valence-electron chi connectivity index (χ1n) is 5.53. The van der Waals surface area contributed by atoms with Crippen LogP contribution >= 0.6 is 0 Å². The van der Waals surface area contributed by atoms with Gasteiger partial charge in [0.2, 0.25) is 0 Å². The molecule has 0 fully saturated rings. The molecule has 2 aromatic rings. The van der Waals surface area contributed by atoms with E-state index in [0.29, 0.717) is 17.9 Å². The summed E-state index contributed by atoms with van der Waals surface area (Å²) in [5.41, 5.74) is 1.91. The van der Waals surface area contributed by atoms with Gasteiger partial charge in [0.15, 0.2) is 5.69 Å². The molecule has 19 heavy (non-hydrogen) atoms. The molecule has 0 saturated heterocycles. The number of hydrogen-bond donors (Lipinski definition) is 1. The number of nitro benzene ring substituents is 1. The van der Waals surface area contributed by atoms with Crippen LogP contribution in [0.2, 0.25) is 0 Å². The van der Waals surface area contributed by atoms with Gasteiger partial charge in [0.05, 0.1) is 10.6 Å². The number of nitriles is 1. The van der Waals surface area contributed by atoms with Crippen molar-refractivity contribution in [2.24, 2.45) is 0 Å². The highest BCUT2D eigenvalue weighted by Crippen LogP contribution is 2.15. The highest BCUT2D eigenvalue weighted by atomic mass is 16.6. The Morgan fingerprint density at radius 3 is 2.68 bits per heavy atom. The third-order valence-corrected chi connectivity index (χ3v) is 2.54. The fourth-order valence-corrected chi connectivity index (χ4v) is 1.57. The Labute approximate surface area is 109 Å². The van der Waals surface area contributed by atoms with Crippen molar-refractivity contribution in [1.29, 1.82) is 5.26 Å². The summed E-state index contributed by atoms with van der Waals surface area (Å²) in [6.45, 7) is 0.471. The Bertz CT molecular complexity index is 632. The van der Waals surface area contributed by atoms with Gasteiger partial charge in [0.1, 0.15) is 6.07 Å². The summed E-state index contributed by atoms with van der Waals surface area (Å²) in [7, 11) is 0. The lowest BCUT2D eigenvalue weighted by Crippen LogP contribution is -2.02. The molecule has 0 amide bonds. The van der Waals surface area contributed by atoms with E-state index in [-0.39, 0.29) is 5.69 Å². The fourth-order valence-electron chi connectivity index (χ4n) is 1.57. The molecule has 0 radical (unpaired) electrons. The molecule has 0 unspecified atom stereocenters. The number of rotatable bonds is 4. The van der Waals surface area contributed by atoms with Crippen molar-refractivity contribution in [1.82, 2.24) is 4.98 Å². The normalized spacial score (nSPS) is 9.63. The first-order valence-corrected chi connectivity index (χ1v) is 5.53. The molecule has 94 valence electrons. The van der Waals surface area contributed by atoms with Crippen LogP contribution in [-0.4, -0.2) is 9.91 Å². The summed E-state index contributed by atoms with van der Waals surface area (Å²) in [5, 5.41) is 22.5. The van der Waals surface area contributed by atoms with Crippen LogP contribution in [0, 0.1) is 21.4 Å². The van der Waals surface area contributed by atoms with Gasteiger partial charge in [0, 0.05) is 24.9 Å². The van der Waals surface area contributed by atoms with Crippen LogP contribution in [0.5, 0.6) is 0 Å². The van der Waals surface area contributed by atoms with E-state index in [1.54, 1.807) is 30.5 Å². The van der Waals surface area contributed by atoms with Gasteiger partial charge in [-0.2, -0.15) is 5.26 Å². The monoisotopic (exact) mass is 254 g/mol. The maximum Gasteiger partial charge on any atom is 0.269 e. The van der Waals surface area contributed by atoms with E-state index in [0.717, 1.165) is 5.56 Å². The van der Waals surface area contributed by atoms with E-state index < -0.39 is 4.92 Å². The number of benzene rings is 1. The minimum atomic E-state index is -0.438. The SMILES string of the molecule is N#Cc1ncccc1NCc1ccc([N+](=O)[O-])cc1. The average molecular weight is 254 g/mol. The molecule has 6 nitrogen and oxygen atoms in total.